The predicted octanol–water partition coefficient (Wildman–Crippen LogP) is 4.57. The Morgan fingerprint density at radius 1 is 1.21 bits per heavy atom. The highest BCUT2D eigenvalue weighted by atomic mass is 35.5. The van der Waals surface area contributed by atoms with E-state index in [4.69, 9.17) is 11.6 Å². The number of rotatable bonds is 1. The molecule has 1 aromatic carbocycles. The minimum atomic E-state index is -4.49. The lowest BCUT2D eigenvalue weighted by Crippen LogP contribution is -2.13. The van der Waals surface area contributed by atoms with Gasteiger partial charge in [0, 0.05) is 23.7 Å². The summed E-state index contributed by atoms with van der Waals surface area (Å²) in [5, 5.41) is 3.70. The molecule has 0 unspecified atom stereocenters. The van der Waals surface area contributed by atoms with Crippen molar-refractivity contribution in [2.75, 3.05) is 12.4 Å². The molecule has 19 heavy (non-hydrogen) atoms. The van der Waals surface area contributed by atoms with Crippen LogP contribution in [-0.2, 0) is 6.18 Å². The highest BCUT2D eigenvalue weighted by Gasteiger charge is 2.36. The molecule has 102 valence electrons. The number of nitrogens with zero attached hydrogens (tertiary/aromatic N) is 1. The lowest BCUT2D eigenvalue weighted by Gasteiger charge is -2.17. The van der Waals surface area contributed by atoms with Gasteiger partial charge in [-0.3, -0.25) is 0 Å². The molecule has 6 heteroatoms. The first kappa shape index (κ1) is 13.9. The molecule has 0 aliphatic carbocycles. The zero-order chi connectivity index (χ0) is 14.4. The van der Waals surface area contributed by atoms with Gasteiger partial charge >= 0.3 is 6.18 Å². The number of pyridine rings is 1. The van der Waals surface area contributed by atoms with Crippen molar-refractivity contribution < 1.29 is 13.2 Å². The number of hydrogen-bond acceptors (Lipinski definition) is 2. The summed E-state index contributed by atoms with van der Waals surface area (Å²) in [5.74, 6) is 0. The van der Waals surface area contributed by atoms with E-state index in [9.17, 15) is 13.2 Å². The Balaban J connectivity index is 2.99. The van der Waals surface area contributed by atoms with Crippen molar-refractivity contribution in [3.63, 3.8) is 0 Å². The summed E-state index contributed by atoms with van der Waals surface area (Å²) in [5.41, 5.74) is 0.465. The minimum Gasteiger partial charge on any atom is -0.387 e. The summed E-state index contributed by atoms with van der Waals surface area (Å²) in [4.78, 5) is 3.77. The van der Waals surface area contributed by atoms with E-state index >= 15 is 0 Å². The Kier molecular flexibility index (Phi) is 3.34. The molecular formula is C13H12ClF3N2. The standard InChI is InChI=1S/C13H12ClF3N2/c1-6-4-5-8(14)9-10(6)19-12(13(15,16)17)7(2)11(9)18-3/h4-5H,1-3H3,(H,18,19). The first-order valence-corrected chi connectivity index (χ1v) is 5.99. The smallest absolute Gasteiger partial charge is 0.387 e. The highest BCUT2D eigenvalue weighted by molar-refractivity contribution is 6.36. The van der Waals surface area contributed by atoms with Gasteiger partial charge in [0.15, 0.2) is 0 Å². The van der Waals surface area contributed by atoms with Gasteiger partial charge in [-0.1, -0.05) is 17.7 Å². The molecule has 0 saturated heterocycles. The van der Waals surface area contributed by atoms with E-state index in [-0.39, 0.29) is 11.1 Å². The van der Waals surface area contributed by atoms with Crippen LogP contribution in [-0.4, -0.2) is 12.0 Å². The van der Waals surface area contributed by atoms with E-state index in [0.717, 1.165) is 0 Å². The number of anilines is 1. The fraction of sp³-hybridized carbons (Fsp3) is 0.308. The molecule has 0 bridgehead atoms. The predicted molar refractivity (Wildman–Crippen MR) is 70.8 cm³/mol. The van der Waals surface area contributed by atoms with Gasteiger partial charge in [0.05, 0.1) is 10.5 Å². The minimum absolute atomic E-state index is 0.0509. The summed E-state index contributed by atoms with van der Waals surface area (Å²) in [6, 6.07) is 3.32. The highest BCUT2D eigenvalue weighted by Crippen LogP contribution is 2.40. The maximum absolute atomic E-state index is 13.0. The molecule has 0 aliphatic heterocycles. The van der Waals surface area contributed by atoms with Gasteiger partial charge in [-0.05, 0) is 25.5 Å². The van der Waals surface area contributed by atoms with Crippen molar-refractivity contribution in [2.24, 2.45) is 0 Å². The number of aromatic nitrogens is 1. The molecular weight excluding hydrogens is 277 g/mol. The van der Waals surface area contributed by atoms with Crippen LogP contribution in [0, 0.1) is 13.8 Å². The second-order valence-electron chi connectivity index (χ2n) is 4.30. The normalized spacial score (nSPS) is 11.9. The van der Waals surface area contributed by atoms with Crippen LogP contribution in [0.4, 0.5) is 18.9 Å². The maximum atomic E-state index is 13.0. The summed E-state index contributed by atoms with van der Waals surface area (Å²) in [6.45, 7) is 3.10. The number of nitrogens with one attached hydrogen (secondary N) is 1. The van der Waals surface area contributed by atoms with Gasteiger partial charge < -0.3 is 5.32 Å². The van der Waals surface area contributed by atoms with Crippen LogP contribution < -0.4 is 5.32 Å². The van der Waals surface area contributed by atoms with E-state index in [1.165, 1.54) is 6.92 Å². The Hall–Kier alpha value is -1.49. The second-order valence-corrected chi connectivity index (χ2v) is 4.70. The van der Waals surface area contributed by atoms with Crippen molar-refractivity contribution in [1.29, 1.82) is 0 Å². The van der Waals surface area contributed by atoms with Gasteiger partial charge in [0.1, 0.15) is 5.69 Å². The number of alkyl halides is 3. The molecule has 0 spiro atoms. The molecule has 1 aromatic heterocycles. The number of aryl methyl sites for hydroxylation is 1. The number of fused-ring (bicyclic) bond motifs is 1. The zero-order valence-electron chi connectivity index (χ0n) is 10.6. The fourth-order valence-electron chi connectivity index (χ4n) is 2.14. The summed E-state index contributed by atoms with van der Waals surface area (Å²) in [6.07, 6.45) is -4.49. The third-order valence-corrected chi connectivity index (χ3v) is 3.37. The van der Waals surface area contributed by atoms with Gasteiger partial charge in [-0.25, -0.2) is 4.98 Å². The average Bonchev–Trinajstić information content (AvgIpc) is 2.32. The Labute approximate surface area is 113 Å². The van der Waals surface area contributed by atoms with Crippen molar-refractivity contribution in [3.05, 3.63) is 34.0 Å². The molecule has 1 N–H and O–H groups in total. The summed E-state index contributed by atoms with van der Waals surface area (Å²) in [7, 11) is 1.57. The maximum Gasteiger partial charge on any atom is 0.433 e. The zero-order valence-corrected chi connectivity index (χ0v) is 11.4. The molecule has 0 amide bonds. The van der Waals surface area contributed by atoms with Crippen molar-refractivity contribution >= 4 is 28.2 Å². The first-order valence-electron chi connectivity index (χ1n) is 5.61. The lowest BCUT2D eigenvalue weighted by molar-refractivity contribution is -0.141. The van der Waals surface area contributed by atoms with Gasteiger partial charge in [-0.2, -0.15) is 13.2 Å². The number of hydrogen-bond donors (Lipinski definition) is 1. The van der Waals surface area contributed by atoms with Crippen LogP contribution in [0.15, 0.2) is 12.1 Å². The molecule has 0 radical (unpaired) electrons. The molecule has 0 aliphatic rings. The van der Waals surface area contributed by atoms with Crippen LogP contribution in [0.25, 0.3) is 10.9 Å². The largest absolute Gasteiger partial charge is 0.433 e. The van der Waals surface area contributed by atoms with Gasteiger partial charge in [0.25, 0.3) is 0 Å². The molecule has 0 fully saturated rings. The van der Waals surface area contributed by atoms with Crippen LogP contribution in [0.1, 0.15) is 16.8 Å². The topological polar surface area (TPSA) is 24.9 Å². The molecule has 2 nitrogen and oxygen atoms in total. The third-order valence-electron chi connectivity index (χ3n) is 3.05. The van der Waals surface area contributed by atoms with Crippen molar-refractivity contribution in [2.45, 2.75) is 20.0 Å². The molecule has 0 atom stereocenters. The van der Waals surface area contributed by atoms with Crippen LogP contribution >= 0.6 is 11.6 Å². The Morgan fingerprint density at radius 2 is 1.84 bits per heavy atom. The van der Waals surface area contributed by atoms with Crippen molar-refractivity contribution in [3.8, 4) is 0 Å². The average molecular weight is 289 g/mol. The molecule has 1 heterocycles. The second kappa shape index (κ2) is 4.56. The van der Waals surface area contributed by atoms with E-state index < -0.39 is 11.9 Å². The van der Waals surface area contributed by atoms with Crippen molar-refractivity contribution in [1.82, 2.24) is 4.98 Å². The van der Waals surface area contributed by atoms with E-state index in [1.807, 2.05) is 0 Å². The number of halogens is 4. The molecule has 2 aromatic rings. The van der Waals surface area contributed by atoms with Crippen LogP contribution in [0.2, 0.25) is 5.02 Å². The summed E-state index contributed by atoms with van der Waals surface area (Å²) < 4.78 is 39.0. The van der Waals surface area contributed by atoms with Gasteiger partial charge in [-0.15, -0.1) is 0 Å². The van der Waals surface area contributed by atoms with E-state index in [0.29, 0.717) is 21.7 Å². The summed E-state index contributed by atoms with van der Waals surface area (Å²) >= 11 is 6.09. The van der Waals surface area contributed by atoms with Gasteiger partial charge in [0.2, 0.25) is 0 Å². The molecule has 2 rings (SSSR count). The Morgan fingerprint density at radius 3 is 2.37 bits per heavy atom. The van der Waals surface area contributed by atoms with Crippen LogP contribution in [0.5, 0.6) is 0 Å². The fourth-order valence-corrected chi connectivity index (χ4v) is 2.39. The van der Waals surface area contributed by atoms with E-state index in [1.54, 1.807) is 26.1 Å². The lowest BCUT2D eigenvalue weighted by atomic mass is 10.0. The number of benzene rings is 1. The quantitative estimate of drug-likeness (QED) is 0.832. The Bertz CT molecular complexity index is 651. The SMILES string of the molecule is CNc1c(C)c(C(F)(F)F)nc2c(C)ccc(Cl)c12. The first-order chi connectivity index (χ1) is 8.77. The van der Waals surface area contributed by atoms with Crippen LogP contribution in [0.3, 0.4) is 0 Å². The third kappa shape index (κ3) is 2.23. The van der Waals surface area contributed by atoms with E-state index in [2.05, 4.69) is 10.3 Å². The monoisotopic (exact) mass is 288 g/mol. The molecule has 0 saturated carbocycles.